The van der Waals surface area contributed by atoms with E-state index in [0.717, 1.165) is 37.5 Å². The van der Waals surface area contributed by atoms with Gasteiger partial charge in [0.25, 0.3) is 0 Å². The van der Waals surface area contributed by atoms with E-state index in [-0.39, 0.29) is 18.1 Å². The molecule has 4 nitrogen and oxygen atoms in total. The van der Waals surface area contributed by atoms with Crippen LogP contribution < -0.4 is 9.64 Å². The summed E-state index contributed by atoms with van der Waals surface area (Å²) < 4.78 is 6.36. The van der Waals surface area contributed by atoms with E-state index >= 15 is 0 Å². The topological polar surface area (TPSA) is 32.8 Å². The molecule has 0 radical (unpaired) electrons. The Kier molecular flexibility index (Phi) is 4.16. The van der Waals surface area contributed by atoms with Crippen molar-refractivity contribution in [2.45, 2.75) is 44.9 Å². The number of benzene rings is 2. The first kappa shape index (κ1) is 16.8. The van der Waals surface area contributed by atoms with Crippen molar-refractivity contribution in [3.8, 4) is 5.75 Å². The van der Waals surface area contributed by atoms with Gasteiger partial charge in [-0.25, -0.2) is 0 Å². The molecule has 27 heavy (non-hydrogen) atoms. The van der Waals surface area contributed by atoms with Crippen LogP contribution in [0.25, 0.3) is 0 Å². The molecule has 0 spiro atoms. The summed E-state index contributed by atoms with van der Waals surface area (Å²) >= 11 is 0. The number of hydrogen-bond acceptors (Lipinski definition) is 3. The molecule has 2 aromatic rings. The number of carbonyl (C=O) groups is 1. The SMILES string of the molecule is Cc1ccc(CN2CC3CC2C(=O)N(CC2CC2)c2ccccc2O3)cc1. The van der Waals surface area contributed by atoms with Crippen LogP contribution in [0.1, 0.15) is 30.4 Å². The van der Waals surface area contributed by atoms with Gasteiger partial charge in [0.15, 0.2) is 0 Å². The Morgan fingerprint density at radius 2 is 1.85 bits per heavy atom. The molecule has 2 unspecified atom stereocenters. The lowest BCUT2D eigenvalue weighted by Gasteiger charge is -2.32. The summed E-state index contributed by atoms with van der Waals surface area (Å²) in [7, 11) is 0. The van der Waals surface area contributed by atoms with E-state index in [0.29, 0.717) is 5.92 Å². The minimum Gasteiger partial charge on any atom is -0.487 e. The summed E-state index contributed by atoms with van der Waals surface area (Å²) in [5.74, 6) is 1.74. The quantitative estimate of drug-likeness (QED) is 0.830. The maximum Gasteiger partial charge on any atom is 0.244 e. The molecule has 2 heterocycles. The number of anilines is 1. The van der Waals surface area contributed by atoms with E-state index in [1.807, 2.05) is 29.2 Å². The first-order chi connectivity index (χ1) is 13.2. The molecule has 140 valence electrons. The first-order valence-corrected chi connectivity index (χ1v) is 10.0. The first-order valence-electron chi connectivity index (χ1n) is 10.0. The smallest absolute Gasteiger partial charge is 0.244 e. The van der Waals surface area contributed by atoms with E-state index in [4.69, 9.17) is 4.74 Å². The predicted molar refractivity (Wildman–Crippen MR) is 106 cm³/mol. The third kappa shape index (κ3) is 3.34. The van der Waals surface area contributed by atoms with E-state index in [9.17, 15) is 4.79 Å². The Morgan fingerprint density at radius 1 is 1.07 bits per heavy atom. The zero-order valence-corrected chi connectivity index (χ0v) is 15.8. The summed E-state index contributed by atoms with van der Waals surface area (Å²) in [6.07, 6.45) is 3.31. The molecule has 1 saturated carbocycles. The molecule has 4 heteroatoms. The van der Waals surface area contributed by atoms with Gasteiger partial charge in [0, 0.05) is 26.1 Å². The largest absolute Gasteiger partial charge is 0.487 e. The highest BCUT2D eigenvalue weighted by Crippen LogP contribution is 2.39. The highest BCUT2D eigenvalue weighted by molar-refractivity contribution is 5.99. The van der Waals surface area contributed by atoms with Crippen molar-refractivity contribution in [1.82, 2.24) is 4.90 Å². The average molecular weight is 362 g/mol. The van der Waals surface area contributed by atoms with Gasteiger partial charge in [0.1, 0.15) is 11.9 Å². The number of likely N-dealkylation sites (tertiary alicyclic amines) is 1. The molecule has 1 aliphatic carbocycles. The summed E-state index contributed by atoms with van der Waals surface area (Å²) in [6, 6.07) is 16.6. The van der Waals surface area contributed by atoms with Gasteiger partial charge < -0.3 is 9.64 Å². The summed E-state index contributed by atoms with van der Waals surface area (Å²) in [5, 5.41) is 0. The average Bonchev–Trinajstić information content (AvgIpc) is 3.40. The normalized spacial score (nSPS) is 24.9. The minimum absolute atomic E-state index is 0.0774. The Hall–Kier alpha value is -2.33. The van der Waals surface area contributed by atoms with Crippen LogP contribution in [0.15, 0.2) is 48.5 Å². The van der Waals surface area contributed by atoms with Gasteiger partial charge in [0.2, 0.25) is 5.91 Å². The molecule has 2 bridgehead atoms. The maximum atomic E-state index is 13.6. The van der Waals surface area contributed by atoms with Gasteiger partial charge in [-0.3, -0.25) is 9.69 Å². The molecule has 2 fully saturated rings. The number of rotatable bonds is 4. The summed E-state index contributed by atoms with van der Waals surface area (Å²) in [5.41, 5.74) is 3.46. The van der Waals surface area contributed by atoms with Crippen LogP contribution in [0.3, 0.4) is 0 Å². The summed E-state index contributed by atoms with van der Waals surface area (Å²) in [4.78, 5) is 17.9. The van der Waals surface area contributed by atoms with Crippen LogP contribution in [0, 0.1) is 12.8 Å². The van der Waals surface area contributed by atoms with Gasteiger partial charge in [-0.05, 0) is 43.4 Å². The van der Waals surface area contributed by atoms with Gasteiger partial charge in [-0.2, -0.15) is 0 Å². The van der Waals surface area contributed by atoms with Crippen molar-refractivity contribution >= 4 is 11.6 Å². The number of ether oxygens (including phenoxy) is 1. The van der Waals surface area contributed by atoms with Gasteiger partial charge in [-0.1, -0.05) is 42.0 Å². The second kappa shape index (κ2) is 6.68. The van der Waals surface area contributed by atoms with Crippen molar-refractivity contribution in [1.29, 1.82) is 0 Å². The highest BCUT2D eigenvalue weighted by atomic mass is 16.5. The fraction of sp³-hybridized carbons (Fsp3) is 0.435. The fourth-order valence-corrected chi connectivity index (χ4v) is 4.31. The molecule has 0 N–H and O–H groups in total. The van der Waals surface area contributed by atoms with Crippen LogP contribution in [0.5, 0.6) is 5.75 Å². The van der Waals surface area contributed by atoms with Crippen LogP contribution >= 0.6 is 0 Å². The van der Waals surface area contributed by atoms with Crippen molar-refractivity contribution < 1.29 is 9.53 Å². The standard InChI is InChI=1S/C23H26N2O2/c1-16-6-8-17(9-7-16)13-24-15-19-12-21(24)23(26)25(14-18-10-11-18)20-4-2-3-5-22(20)27-19/h2-9,18-19,21H,10-15H2,1H3. The lowest BCUT2D eigenvalue weighted by atomic mass is 10.1. The highest BCUT2D eigenvalue weighted by Gasteiger charge is 2.43. The number of hydrogen-bond donors (Lipinski definition) is 0. The Bertz CT molecular complexity index is 844. The number of amides is 1. The fourth-order valence-electron chi connectivity index (χ4n) is 4.31. The van der Waals surface area contributed by atoms with Crippen molar-refractivity contribution in [2.24, 2.45) is 5.92 Å². The molecule has 0 aromatic heterocycles. The molecular weight excluding hydrogens is 336 g/mol. The molecule has 1 amide bonds. The lowest BCUT2D eigenvalue weighted by Crippen LogP contribution is -2.46. The van der Waals surface area contributed by atoms with Crippen molar-refractivity contribution in [3.05, 3.63) is 59.7 Å². The third-order valence-electron chi connectivity index (χ3n) is 6.01. The molecule has 2 aliphatic heterocycles. The molecule has 1 saturated heterocycles. The molecular formula is C23H26N2O2. The molecule has 3 aliphatic rings. The zero-order valence-electron chi connectivity index (χ0n) is 15.8. The third-order valence-corrected chi connectivity index (χ3v) is 6.01. The van der Waals surface area contributed by atoms with Gasteiger partial charge in [0.05, 0.1) is 11.7 Å². The lowest BCUT2D eigenvalue weighted by molar-refractivity contribution is -0.123. The van der Waals surface area contributed by atoms with Crippen molar-refractivity contribution in [2.75, 3.05) is 18.0 Å². The number of aryl methyl sites for hydroxylation is 1. The predicted octanol–water partition coefficient (Wildman–Crippen LogP) is 3.77. The molecule has 5 rings (SSSR count). The number of nitrogens with zero attached hydrogens (tertiary/aromatic N) is 2. The number of carbonyl (C=O) groups excluding carboxylic acids is 1. The van der Waals surface area contributed by atoms with Gasteiger partial charge >= 0.3 is 0 Å². The summed E-state index contributed by atoms with van der Waals surface area (Å²) in [6.45, 7) is 4.52. The number of para-hydroxylation sites is 2. The van der Waals surface area contributed by atoms with Crippen LogP contribution in [0.2, 0.25) is 0 Å². The zero-order chi connectivity index (χ0) is 18.4. The van der Waals surface area contributed by atoms with Crippen LogP contribution in [-0.4, -0.2) is 36.0 Å². The Balaban J connectivity index is 1.45. The van der Waals surface area contributed by atoms with E-state index < -0.39 is 0 Å². The van der Waals surface area contributed by atoms with E-state index in [1.54, 1.807) is 0 Å². The molecule has 2 atom stereocenters. The minimum atomic E-state index is -0.0941. The molecule has 2 aromatic carbocycles. The van der Waals surface area contributed by atoms with Gasteiger partial charge in [-0.15, -0.1) is 0 Å². The maximum absolute atomic E-state index is 13.6. The second-order valence-corrected chi connectivity index (χ2v) is 8.27. The Labute approximate surface area is 160 Å². The van der Waals surface area contributed by atoms with E-state index in [2.05, 4.69) is 36.1 Å². The second-order valence-electron chi connectivity index (χ2n) is 8.27. The van der Waals surface area contributed by atoms with Crippen LogP contribution in [-0.2, 0) is 11.3 Å². The van der Waals surface area contributed by atoms with E-state index in [1.165, 1.54) is 24.0 Å². The Morgan fingerprint density at radius 3 is 2.63 bits per heavy atom. The monoisotopic (exact) mass is 362 g/mol. The van der Waals surface area contributed by atoms with Crippen molar-refractivity contribution in [3.63, 3.8) is 0 Å². The number of fused-ring (bicyclic) bond motifs is 3. The van der Waals surface area contributed by atoms with Crippen LogP contribution in [0.4, 0.5) is 5.69 Å².